The highest BCUT2D eigenvalue weighted by atomic mass is 16.5. The van der Waals surface area contributed by atoms with Crippen molar-refractivity contribution in [1.29, 1.82) is 0 Å². The average molecular weight is 283 g/mol. The molecule has 0 aromatic heterocycles. The van der Waals surface area contributed by atoms with Gasteiger partial charge >= 0.3 is 0 Å². The molecule has 0 aromatic carbocycles. The molecule has 0 saturated carbocycles. The molecule has 118 valence electrons. The fourth-order valence-corrected chi connectivity index (χ4v) is 3.66. The van der Waals surface area contributed by atoms with E-state index in [9.17, 15) is 0 Å². The topological polar surface area (TPSA) is 27.7 Å². The number of hydrogen-bond acceptors (Lipinski definition) is 4. The summed E-state index contributed by atoms with van der Waals surface area (Å²) in [6.07, 6.45) is 5.59. The number of piperidine rings is 1. The number of nitrogens with one attached hydrogen (secondary N) is 1. The summed E-state index contributed by atoms with van der Waals surface area (Å²) in [6.45, 7) is 11.7. The van der Waals surface area contributed by atoms with Crippen molar-refractivity contribution >= 4 is 0 Å². The van der Waals surface area contributed by atoms with Gasteiger partial charge in [0.25, 0.3) is 0 Å². The van der Waals surface area contributed by atoms with Gasteiger partial charge in [-0.3, -0.25) is 0 Å². The molecule has 2 fully saturated rings. The van der Waals surface area contributed by atoms with Crippen LogP contribution in [-0.4, -0.2) is 75.4 Å². The first-order valence-electron chi connectivity index (χ1n) is 8.48. The van der Waals surface area contributed by atoms with E-state index in [1.807, 2.05) is 0 Å². The van der Waals surface area contributed by atoms with Gasteiger partial charge in [-0.25, -0.2) is 0 Å². The van der Waals surface area contributed by atoms with Crippen LogP contribution in [0.2, 0.25) is 0 Å². The van der Waals surface area contributed by atoms with Crippen LogP contribution in [0.15, 0.2) is 0 Å². The number of likely N-dealkylation sites (N-methyl/N-ethyl adjacent to an activating group) is 1. The highest BCUT2D eigenvalue weighted by Crippen LogP contribution is 2.20. The molecule has 1 atom stereocenters. The van der Waals surface area contributed by atoms with E-state index in [4.69, 9.17) is 4.74 Å². The van der Waals surface area contributed by atoms with Gasteiger partial charge in [0.1, 0.15) is 0 Å². The van der Waals surface area contributed by atoms with Crippen LogP contribution in [0.1, 0.15) is 32.6 Å². The Morgan fingerprint density at radius 2 is 1.80 bits per heavy atom. The Kier molecular flexibility index (Phi) is 7.28. The molecule has 0 aromatic rings. The number of rotatable bonds is 8. The molecule has 1 N–H and O–H groups in total. The van der Waals surface area contributed by atoms with Crippen LogP contribution in [0, 0.1) is 5.92 Å². The molecule has 2 rings (SSSR count). The van der Waals surface area contributed by atoms with E-state index < -0.39 is 0 Å². The second kappa shape index (κ2) is 8.98. The van der Waals surface area contributed by atoms with E-state index in [0.29, 0.717) is 6.04 Å². The Bertz CT molecular complexity index is 242. The normalized spacial score (nSPS) is 24.3. The standard InChI is InChI=1S/C16H33N3O/c1-3-17-16(14-20-2)13-19-10-6-15(7-11-19)12-18-8-4-5-9-18/h15-17H,3-14H2,1-2H3. The van der Waals surface area contributed by atoms with Crippen molar-refractivity contribution in [3.8, 4) is 0 Å². The van der Waals surface area contributed by atoms with Gasteiger partial charge in [-0.05, 0) is 64.3 Å². The molecule has 0 amide bonds. The van der Waals surface area contributed by atoms with Crippen molar-refractivity contribution in [2.75, 3.05) is 59.5 Å². The highest BCUT2D eigenvalue weighted by molar-refractivity contribution is 4.80. The van der Waals surface area contributed by atoms with E-state index in [2.05, 4.69) is 22.0 Å². The van der Waals surface area contributed by atoms with Gasteiger partial charge in [-0.2, -0.15) is 0 Å². The third-order valence-corrected chi connectivity index (χ3v) is 4.76. The predicted octanol–water partition coefficient (Wildman–Crippen LogP) is 1.42. The minimum absolute atomic E-state index is 0.486. The summed E-state index contributed by atoms with van der Waals surface area (Å²) in [5, 5.41) is 3.53. The first-order chi connectivity index (χ1) is 9.81. The summed E-state index contributed by atoms with van der Waals surface area (Å²) in [7, 11) is 1.80. The second-order valence-electron chi connectivity index (χ2n) is 6.46. The van der Waals surface area contributed by atoms with Gasteiger partial charge in [0.05, 0.1) is 6.61 Å². The zero-order valence-electron chi connectivity index (χ0n) is 13.4. The molecule has 4 heteroatoms. The lowest BCUT2D eigenvalue weighted by molar-refractivity contribution is 0.110. The summed E-state index contributed by atoms with van der Waals surface area (Å²) < 4.78 is 5.31. The molecule has 0 aliphatic carbocycles. The third kappa shape index (κ3) is 5.32. The molecule has 1 unspecified atom stereocenters. The van der Waals surface area contributed by atoms with Crippen molar-refractivity contribution in [2.45, 2.75) is 38.6 Å². The fourth-order valence-electron chi connectivity index (χ4n) is 3.66. The van der Waals surface area contributed by atoms with Crippen LogP contribution in [0.4, 0.5) is 0 Å². The van der Waals surface area contributed by atoms with Gasteiger partial charge in [-0.1, -0.05) is 6.92 Å². The Labute approximate surface area is 124 Å². The maximum atomic E-state index is 5.31. The molecule has 2 aliphatic rings. The zero-order valence-corrected chi connectivity index (χ0v) is 13.4. The van der Waals surface area contributed by atoms with Crippen LogP contribution < -0.4 is 5.32 Å². The zero-order chi connectivity index (χ0) is 14.2. The van der Waals surface area contributed by atoms with E-state index in [0.717, 1.165) is 25.6 Å². The molecule has 2 saturated heterocycles. The van der Waals surface area contributed by atoms with Crippen LogP contribution in [0.3, 0.4) is 0 Å². The van der Waals surface area contributed by atoms with Crippen LogP contribution in [0.25, 0.3) is 0 Å². The molecule has 2 heterocycles. The van der Waals surface area contributed by atoms with Crippen molar-refractivity contribution in [1.82, 2.24) is 15.1 Å². The fraction of sp³-hybridized carbons (Fsp3) is 1.00. The van der Waals surface area contributed by atoms with Crippen LogP contribution in [-0.2, 0) is 4.74 Å². The van der Waals surface area contributed by atoms with Crippen molar-refractivity contribution in [3.05, 3.63) is 0 Å². The third-order valence-electron chi connectivity index (χ3n) is 4.76. The Balaban J connectivity index is 1.64. The first kappa shape index (κ1) is 16.2. The first-order valence-corrected chi connectivity index (χ1v) is 8.48. The molecular formula is C16H33N3O. The molecule has 0 radical (unpaired) electrons. The van der Waals surface area contributed by atoms with Gasteiger partial charge < -0.3 is 19.9 Å². The van der Waals surface area contributed by atoms with Crippen molar-refractivity contribution in [2.24, 2.45) is 5.92 Å². The monoisotopic (exact) mass is 283 g/mol. The summed E-state index contributed by atoms with van der Waals surface area (Å²) in [6, 6.07) is 0.486. The summed E-state index contributed by atoms with van der Waals surface area (Å²) in [4.78, 5) is 5.29. The number of nitrogens with zero attached hydrogens (tertiary/aromatic N) is 2. The van der Waals surface area contributed by atoms with Gasteiger partial charge in [-0.15, -0.1) is 0 Å². The number of hydrogen-bond donors (Lipinski definition) is 1. The van der Waals surface area contributed by atoms with Gasteiger partial charge in [0, 0.05) is 26.2 Å². The minimum Gasteiger partial charge on any atom is -0.383 e. The summed E-state index contributed by atoms with van der Waals surface area (Å²) in [5.41, 5.74) is 0. The average Bonchev–Trinajstić information content (AvgIpc) is 2.94. The lowest BCUT2D eigenvalue weighted by Gasteiger charge is -2.35. The lowest BCUT2D eigenvalue weighted by atomic mass is 9.96. The van der Waals surface area contributed by atoms with E-state index in [-0.39, 0.29) is 0 Å². The largest absolute Gasteiger partial charge is 0.383 e. The Morgan fingerprint density at radius 1 is 1.10 bits per heavy atom. The summed E-state index contributed by atoms with van der Waals surface area (Å²) in [5.74, 6) is 0.935. The quantitative estimate of drug-likeness (QED) is 0.729. The molecule has 2 aliphatic heterocycles. The summed E-state index contributed by atoms with van der Waals surface area (Å²) >= 11 is 0. The molecule has 20 heavy (non-hydrogen) atoms. The molecular weight excluding hydrogens is 250 g/mol. The Hall–Kier alpha value is -0.160. The van der Waals surface area contributed by atoms with E-state index in [1.165, 1.54) is 58.4 Å². The van der Waals surface area contributed by atoms with E-state index in [1.54, 1.807) is 7.11 Å². The number of ether oxygens (including phenoxy) is 1. The maximum absolute atomic E-state index is 5.31. The van der Waals surface area contributed by atoms with Gasteiger partial charge in [0.15, 0.2) is 0 Å². The second-order valence-corrected chi connectivity index (χ2v) is 6.46. The smallest absolute Gasteiger partial charge is 0.0628 e. The number of likely N-dealkylation sites (tertiary alicyclic amines) is 2. The minimum atomic E-state index is 0.486. The van der Waals surface area contributed by atoms with E-state index >= 15 is 0 Å². The van der Waals surface area contributed by atoms with Gasteiger partial charge in [0.2, 0.25) is 0 Å². The molecule has 0 bridgehead atoms. The molecule has 4 nitrogen and oxygen atoms in total. The Morgan fingerprint density at radius 3 is 2.40 bits per heavy atom. The highest BCUT2D eigenvalue weighted by Gasteiger charge is 2.24. The van der Waals surface area contributed by atoms with Crippen LogP contribution >= 0.6 is 0 Å². The molecule has 0 spiro atoms. The van der Waals surface area contributed by atoms with Crippen LogP contribution in [0.5, 0.6) is 0 Å². The SMILES string of the molecule is CCNC(COC)CN1CCC(CN2CCCC2)CC1. The lowest BCUT2D eigenvalue weighted by Crippen LogP contribution is -2.47. The van der Waals surface area contributed by atoms with Crippen molar-refractivity contribution in [3.63, 3.8) is 0 Å². The number of methoxy groups -OCH3 is 1. The maximum Gasteiger partial charge on any atom is 0.0628 e. The predicted molar refractivity (Wildman–Crippen MR) is 84.2 cm³/mol. The van der Waals surface area contributed by atoms with Crippen molar-refractivity contribution < 1.29 is 4.74 Å².